The molecule has 1 aromatic heterocycles. The number of amides is 1. The number of halogens is 2. The van der Waals surface area contributed by atoms with E-state index in [0.717, 1.165) is 16.9 Å². The van der Waals surface area contributed by atoms with Gasteiger partial charge in [-0.1, -0.05) is 47.5 Å². The van der Waals surface area contributed by atoms with E-state index in [0.29, 0.717) is 42.7 Å². The Labute approximate surface area is 203 Å². The molecular weight excluding hydrogens is 465 g/mol. The highest BCUT2D eigenvalue weighted by molar-refractivity contribution is 6.42. The number of carbonyl (C=O) groups excluding carboxylic acids is 1. The highest BCUT2D eigenvalue weighted by atomic mass is 35.5. The molecule has 7 nitrogen and oxygen atoms in total. The van der Waals surface area contributed by atoms with Gasteiger partial charge in [-0.25, -0.2) is 4.98 Å². The van der Waals surface area contributed by atoms with E-state index in [2.05, 4.69) is 4.98 Å². The Balaban J connectivity index is 1.52. The molecule has 3 rings (SSSR count). The highest BCUT2D eigenvalue weighted by Crippen LogP contribution is 2.25. The zero-order valence-electron chi connectivity index (χ0n) is 18.3. The van der Waals surface area contributed by atoms with Crippen LogP contribution in [0.1, 0.15) is 41.0 Å². The molecule has 1 amide bonds. The standard InChI is InChI=1S/C24H27Cl2N3O4/c1-16(30)22(29-13-21(24(27)31)28-15-29)9-7-18-4-2-3-5-23(18)33-11-10-32-14-17-6-8-19(25)20(26)12-17/h2-6,8,12-13,15-16,22,30H,7,9-11,14H2,1H3,(H2,27,31)/t16-,22+/m0/s1. The van der Waals surface area contributed by atoms with Gasteiger partial charge < -0.3 is 24.9 Å². The first kappa shape index (κ1) is 25.1. The van der Waals surface area contributed by atoms with E-state index in [-0.39, 0.29) is 11.7 Å². The van der Waals surface area contributed by atoms with Crippen LogP contribution in [0.25, 0.3) is 0 Å². The number of benzene rings is 2. The summed E-state index contributed by atoms with van der Waals surface area (Å²) in [6.45, 7) is 2.93. The third kappa shape index (κ3) is 7.20. The summed E-state index contributed by atoms with van der Waals surface area (Å²) in [4.78, 5) is 15.3. The van der Waals surface area contributed by atoms with Crippen LogP contribution in [0.4, 0.5) is 0 Å². The summed E-state index contributed by atoms with van der Waals surface area (Å²) in [5, 5.41) is 11.3. The second kappa shape index (κ2) is 12.0. The van der Waals surface area contributed by atoms with Crippen molar-refractivity contribution in [2.75, 3.05) is 13.2 Å². The van der Waals surface area contributed by atoms with Crippen LogP contribution in [-0.4, -0.2) is 39.9 Å². The monoisotopic (exact) mass is 491 g/mol. The molecule has 0 aliphatic carbocycles. The van der Waals surface area contributed by atoms with Gasteiger partial charge in [-0.2, -0.15) is 0 Å². The molecule has 33 heavy (non-hydrogen) atoms. The fraction of sp³-hybridized carbons (Fsp3) is 0.333. The largest absolute Gasteiger partial charge is 0.491 e. The molecule has 3 N–H and O–H groups in total. The second-order valence-electron chi connectivity index (χ2n) is 7.67. The number of aliphatic hydroxyl groups is 1. The van der Waals surface area contributed by atoms with Crippen LogP contribution in [0, 0.1) is 0 Å². The Hall–Kier alpha value is -2.58. The van der Waals surface area contributed by atoms with Crippen LogP contribution >= 0.6 is 23.2 Å². The number of para-hydroxylation sites is 1. The molecule has 2 atom stereocenters. The van der Waals surface area contributed by atoms with Crippen LogP contribution in [0.5, 0.6) is 5.75 Å². The molecule has 0 bridgehead atoms. The average molecular weight is 492 g/mol. The molecule has 0 saturated heterocycles. The molecule has 0 aliphatic rings. The third-order valence-corrected chi connectivity index (χ3v) is 5.95. The quantitative estimate of drug-likeness (QED) is 0.364. The van der Waals surface area contributed by atoms with Gasteiger partial charge in [0, 0.05) is 6.20 Å². The third-order valence-electron chi connectivity index (χ3n) is 5.21. The molecule has 1 heterocycles. The maximum Gasteiger partial charge on any atom is 0.268 e. The van der Waals surface area contributed by atoms with Gasteiger partial charge in [0.1, 0.15) is 18.1 Å². The van der Waals surface area contributed by atoms with Crippen LogP contribution in [0.15, 0.2) is 55.0 Å². The van der Waals surface area contributed by atoms with Crippen molar-refractivity contribution in [2.45, 2.75) is 38.5 Å². The zero-order valence-corrected chi connectivity index (χ0v) is 19.8. The van der Waals surface area contributed by atoms with Crippen LogP contribution < -0.4 is 10.5 Å². The molecule has 0 fully saturated rings. The van der Waals surface area contributed by atoms with E-state index < -0.39 is 12.0 Å². The summed E-state index contributed by atoms with van der Waals surface area (Å²) in [6.07, 6.45) is 3.74. The Morgan fingerprint density at radius 3 is 2.67 bits per heavy atom. The Bertz CT molecular complexity index is 1070. The van der Waals surface area contributed by atoms with E-state index in [1.807, 2.05) is 30.3 Å². The van der Waals surface area contributed by atoms with Crippen molar-refractivity contribution in [3.8, 4) is 5.75 Å². The van der Waals surface area contributed by atoms with Crippen molar-refractivity contribution < 1.29 is 19.4 Å². The first-order valence-corrected chi connectivity index (χ1v) is 11.3. The van der Waals surface area contributed by atoms with Crippen molar-refractivity contribution in [3.63, 3.8) is 0 Å². The van der Waals surface area contributed by atoms with Crippen molar-refractivity contribution in [3.05, 3.63) is 81.9 Å². The number of carbonyl (C=O) groups is 1. The lowest BCUT2D eigenvalue weighted by Crippen LogP contribution is -2.21. The van der Waals surface area contributed by atoms with E-state index in [1.54, 1.807) is 29.8 Å². The van der Waals surface area contributed by atoms with Gasteiger partial charge in [0.25, 0.3) is 5.91 Å². The molecule has 2 aromatic carbocycles. The van der Waals surface area contributed by atoms with Gasteiger partial charge in [0.15, 0.2) is 0 Å². The first-order chi connectivity index (χ1) is 15.8. The molecule has 0 unspecified atom stereocenters. The number of hydrogen-bond donors (Lipinski definition) is 2. The molecule has 0 spiro atoms. The van der Waals surface area contributed by atoms with Crippen LogP contribution in [-0.2, 0) is 17.8 Å². The van der Waals surface area contributed by atoms with Crippen molar-refractivity contribution in [1.82, 2.24) is 9.55 Å². The van der Waals surface area contributed by atoms with Gasteiger partial charge in [0.05, 0.1) is 41.7 Å². The van der Waals surface area contributed by atoms with Gasteiger partial charge in [0.2, 0.25) is 0 Å². The van der Waals surface area contributed by atoms with Crippen LogP contribution in [0.3, 0.4) is 0 Å². The van der Waals surface area contributed by atoms with Crippen molar-refractivity contribution >= 4 is 29.1 Å². The van der Waals surface area contributed by atoms with Gasteiger partial charge >= 0.3 is 0 Å². The number of aryl methyl sites for hydroxylation is 1. The SMILES string of the molecule is C[C@H](O)[C@@H](CCc1ccccc1OCCOCc1ccc(Cl)c(Cl)c1)n1cnc(C(N)=O)c1. The minimum Gasteiger partial charge on any atom is -0.491 e. The maximum absolute atomic E-state index is 11.3. The van der Waals surface area contributed by atoms with E-state index in [1.165, 1.54) is 6.33 Å². The normalized spacial score (nSPS) is 13.0. The van der Waals surface area contributed by atoms with E-state index >= 15 is 0 Å². The Morgan fingerprint density at radius 1 is 1.18 bits per heavy atom. The minimum absolute atomic E-state index is 0.172. The van der Waals surface area contributed by atoms with Crippen LogP contribution in [0.2, 0.25) is 10.0 Å². The number of nitrogens with zero attached hydrogens (tertiary/aromatic N) is 2. The lowest BCUT2D eigenvalue weighted by atomic mass is 10.0. The second-order valence-corrected chi connectivity index (χ2v) is 8.49. The summed E-state index contributed by atoms with van der Waals surface area (Å²) in [6, 6.07) is 12.9. The number of nitrogens with two attached hydrogens (primary N) is 1. The fourth-order valence-corrected chi connectivity index (χ4v) is 3.79. The average Bonchev–Trinajstić information content (AvgIpc) is 3.27. The van der Waals surface area contributed by atoms with Crippen molar-refractivity contribution in [1.29, 1.82) is 0 Å². The minimum atomic E-state index is -0.636. The predicted octanol–water partition coefficient (Wildman–Crippen LogP) is 4.44. The number of hydrogen-bond acceptors (Lipinski definition) is 5. The molecule has 176 valence electrons. The number of aliphatic hydroxyl groups excluding tert-OH is 1. The lowest BCUT2D eigenvalue weighted by molar-refractivity contribution is 0.0884. The highest BCUT2D eigenvalue weighted by Gasteiger charge is 2.19. The molecular formula is C24H27Cl2N3O4. The number of primary amides is 1. The summed E-state index contributed by atoms with van der Waals surface area (Å²) in [7, 11) is 0. The summed E-state index contributed by atoms with van der Waals surface area (Å²) in [5.41, 5.74) is 7.41. The lowest BCUT2D eigenvalue weighted by Gasteiger charge is -2.22. The smallest absolute Gasteiger partial charge is 0.268 e. The Kier molecular flexibility index (Phi) is 9.14. The summed E-state index contributed by atoms with van der Waals surface area (Å²) in [5.74, 6) is 0.168. The Morgan fingerprint density at radius 2 is 1.97 bits per heavy atom. The molecule has 3 aromatic rings. The topological polar surface area (TPSA) is 99.6 Å². The van der Waals surface area contributed by atoms with Gasteiger partial charge in [-0.3, -0.25) is 4.79 Å². The van der Waals surface area contributed by atoms with Gasteiger partial charge in [-0.15, -0.1) is 0 Å². The number of aromatic nitrogens is 2. The van der Waals surface area contributed by atoms with Crippen molar-refractivity contribution in [2.24, 2.45) is 5.73 Å². The molecule has 0 aliphatic heterocycles. The predicted molar refractivity (Wildman–Crippen MR) is 128 cm³/mol. The number of imidazole rings is 1. The molecule has 9 heteroatoms. The van der Waals surface area contributed by atoms with E-state index in [9.17, 15) is 9.90 Å². The molecule has 0 radical (unpaired) electrons. The van der Waals surface area contributed by atoms with E-state index in [4.69, 9.17) is 38.4 Å². The number of rotatable bonds is 12. The number of ether oxygens (including phenoxy) is 2. The maximum atomic E-state index is 11.3. The summed E-state index contributed by atoms with van der Waals surface area (Å²) < 4.78 is 13.3. The first-order valence-electron chi connectivity index (χ1n) is 10.6. The van der Waals surface area contributed by atoms with Gasteiger partial charge in [-0.05, 0) is 49.1 Å². The summed E-state index contributed by atoms with van der Waals surface area (Å²) >= 11 is 12.0. The fourth-order valence-electron chi connectivity index (χ4n) is 3.47. The molecule has 0 saturated carbocycles. The zero-order chi connectivity index (χ0) is 23.8.